The Labute approximate surface area is 135 Å². The van der Waals surface area contributed by atoms with E-state index in [2.05, 4.69) is 76.0 Å². The second-order valence-electron chi connectivity index (χ2n) is 7.30. The minimum atomic E-state index is -1.89. The van der Waals surface area contributed by atoms with Crippen LogP contribution < -0.4 is 0 Å². The van der Waals surface area contributed by atoms with Crippen molar-refractivity contribution in [3.05, 3.63) is 65.8 Å². The maximum Gasteiger partial charge on any atom is 0.220 e. The van der Waals surface area contributed by atoms with Crippen molar-refractivity contribution in [1.82, 2.24) is 0 Å². The molecule has 1 aliphatic carbocycles. The van der Waals surface area contributed by atoms with E-state index >= 15 is 0 Å². The van der Waals surface area contributed by atoms with Gasteiger partial charge >= 0.3 is 0 Å². The minimum Gasteiger partial charge on any atom is -0.400 e. The molecule has 1 heterocycles. The molecule has 0 saturated carbocycles. The molecule has 1 aromatic rings. The fourth-order valence-electron chi connectivity index (χ4n) is 3.77. The summed E-state index contributed by atoms with van der Waals surface area (Å²) in [5.74, 6) is 0.528. The van der Waals surface area contributed by atoms with Gasteiger partial charge in [0.2, 0.25) is 8.32 Å². The second kappa shape index (κ2) is 5.36. The van der Waals surface area contributed by atoms with Gasteiger partial charge in [-0.2, -0.15) is 0 Å². The third-order valence-electron chi connectivity index (χ3n) is 5.17. The smallest absolute Gasteiger partial charge is 0.220 e. The Balaban J connectivity index is 2.06. The first-order chi connectivity index (χ1) is 10.3. The van der Waals surface area contributed by atoms with Gasteiger partial charge in [-0.15, -0.1) is 0 Å². The van der Waals surface area contributed by atoms with Crippen molar-refractivity contribution in [3.8, 4) is 0 Å². The van der Waals surface area contributed by atoms with E-state index in [4.69, 9.17) is 4.43 Å². The molecule has 22 heavy (non-hydrogen) atoms. The fourth-order valence-corrected chi connectivity index (χ4v) is 6.53. The quantitative estimate of drug-likeness (QED) is 0.516. The highest BCUT2D eigenvalue weighted by molar-refractivity contribution is 6.90. The monoisotopic (exact) mass is 310 g/mol. The molecule has 0 radical (unpaired) electrons. The van der Waals surface area contributed by atoms with Gasteiger partial charge in [-0.1, -0.05) is 48.6 Å². The van der Waals surface area contributed by atoms with Crippen molar-refractivity contribution in [2.75, 3.05) is 0 Å². The van der Waals surface area contributed by atoms with Gasteiger partial charge in [0.15, 0.2) is 0 Å². The zero-order valence-electron chi connectivity index (χ0n) is 14.1. The Morgan fingerprint density at radius 3 is 2.59 bits per heavy atom. The van der Waals surface area contributed by atoms with Crippen LogP contribution in [-0.2, 0) is 4.43 Å². The molecule has 1 nitrogen and oxygen atoms in total. The lowest BCUT2D eigenvalue weighted by atomic mass is 9.75. The molecule has 2 heteroatoms. The van der Waals surface area contributed by atoms with Crippen LogP contribution in [0.1, 0.15) is 32.3 Å². The third kappa shape index (κ3) is 2.55. The molecule has 116 valence electrons. The number of rotatable bonds is 2. The van der Waals surface area contributed by atoms with Crippen LogP contribution in [0.2, 0.25) is 13.1 Å². The van der Waals surface area contributed by atoms with Crippen molar-refractivity contribution in [2.45, 2.75) is 45.4 Å². The molecule has 0 amide bonds. The second-order valence-corrected chi connectivity index (χ2v) is 11.1. The Bertz CT molecular complexity index is 654. The third-order valence-corrected chi connectivity index (χ3v) is 7.78. The highest BCUT2D eigenvalue weighted by atomic mass is 28.4. The molecule has 0 unspecified atom stereocenters. The van der Waals surface area contributed by atoms with E-state index < -0.39 is 8.32 Å². The van der Waals surface area contributed by atoms with Crippen LogP contribution in [0, 0.1) is 5.92 Å². The summed E-state index contributed by atoms with van der Waals surface area (Å²) >= 11 is 0. The van der Waals surface area contributed by atoms with Gasteiger partial charge in [0.25, 0.3) is 0 Å². The molecular formula is C20H26OSi. The van der Waals surface area contributed by atoms with Crippen LogP contribution in [0.15, 0.2) is 60.2 Å². The SMILES string of the molecule is C=C(C)[C@@H]1CC=C(C)[C@@]2(C=C(c3ccccc3)[Si](C)(C)O2)C1. The molecule has 0 aromatic heterocycles. The molecule has 1 aromatic carbocycles. The Morgan fingerprint density at radius 1 is 1.27 bits per heavy atom. The van der Waals surface area contributed by atoms with Crippen molar-refractivity contribution in [3.63, 3.8) is 0 Å². The van der Waals surface area contributed by atoms with Crippen LogP contribution in [0.25, 0.3) is 5.20 Å². The highest BCUT2D eigenvalue weighted by Crippen LogP contribution is 2.49. The molecule has 0 N–H and O–H groups in total. The van der Waals surface area contributed by atoms with E-state index in [1.165, 1.54) is 21.9 Å². The van der Waals surface area contributed by atoms with Crippen LogP contribution >= 0.6 is 0 Å². The summed E-state index contributed by atoms with van der Waals surface area (Å²) in [5, 5.41) is 1.43. The molecule has 0 bridgehead atoms. The predicted octanol–water partition coefficient (Wildman–Crippen LogP) is 5.52. The molecule has 2 aliphatic rings. The predicted molar refractivity (Wildman–Crippen MR) is 97.0 cm³/mol. The molecule has 3 rings (SSSR count). The van der Waals surface area contributed by atoms with Gasteiger partial charge in [0.1, 0.15) is 0 Å². The van der Waals surface area contributed by atoms with Gasteiger partial charge in [-0.05, 0) is 68.1 Å². The van der Waals surface area contributed by atoms with Gasteiger partial charge < -0.3 is 4.43 Å². The fraction of sp³-hybridized carbons (Fsp3) is 0.400. The van der Waals surface area contributed by atoms with Crippen LogP contribution in [0.3, 0.4) is 0 Å². The van der Waals surface area contributed by atoms with Crippen molar-refractivity contribution in [1.29, 1.82) is 0 Å². The zero-order chi connectivity index (χ0) is 16.0. The Kier molecular flexibility index (Phi) is 3.78. The number of allylic oxidation sites excluding steroid dienone is 2. The van der Waals surface area contributed by atoms with Crippen LogP contribution in [0.5, 0.6) is 0 Å². The summed E-state index contributed by atoms with van der Waals surface area (Å²) in [6.45, 7) is 13.2. The number of hydrogen-bond acceptors (Lipinski definition) is 1. The van der Waals surface area contributed by atoms with E-state index in [1.807, 2.05) is 0 Å². The first-order valence-corrected chi connectivity index (χ1v) is 11.1. The standard InChI is InChI=1S/C20H26OSi/c1-15(2)18-12-11-16(3)20(13-18)14-19(22(4,5)21-20)17-9-7-6-8-10-17/h6-11,14,18H,1,12-13H2,2-5H3/t18-,20+/m1/s1. The molecular weight excluding hydrogens is 284 g/mol. The lowest BCUT2D eigenvalue weighted by Gasteiger charge is -2.39. The molecule has 1 aliphatic heterocycles. The van der Waals surface area contributed by atoms with E-state index in [1.54, 1.807) is 0 Å². The lowest BCUT2D eigenvalue weighted by Crippen LogP contribution is -2.41. The number of hydrogen-bond donors (Lipinski definition) is 0. The van der Waals surface area contributed by atoms with Crippen LogP contribution in [0.4, 0.5) is 0 Å². The van der Waals surface area contributed by atoms with Crippen molar-refractivity contribution >= 4 is 13.5 Å². The van der Waals surface area contributed by atoms with Gasteiger partial charge in [0, 0.05) is 0 Å². The van der Waals surface area contributed by atoms with E-state index in [-0.39, 0.29) is 5.60 Å². The highest BCUT2D eigenvalue weighted by Gasteiger charge is 2.49. The lowest BCUT2D eigenvalue weighted by molar-refractivity contribution is 0.128. The molecule has 2 atom stereocenters. The van der Waals surface area contributed by atoms with Crippen molar-refractivity contribution in [2.24, 2.45) is 5.92 Å². The summed E-state index contributed by atoms with van der Waals surface area (Å²) in [7, 11) is -1.89. The summed E-state index contributed by atoms with van der Waals surface area (Å²) < 4.78 is 6.77. The summed E-state index contributed by atoms with van der Waals surface area (Å²) in [6, 6.07) is 10.7. The summed E-state index contributed by atoms with van der Waals surface area (Å²) in [5.41, 5.74) is 3.76. The average molecular weight is 311 g/mol. The minimum absolute atomic E-state index is 0.206. The molecule has 1 spiro atoms. The van der Waals surface area contributed by atoms with E-state index in [0.717, 1.165) is 12.8 Å². The van der Waals surface area contributed by atoms with Gasteiger partial charge in [-0.25, -0.2) is 0 Å². The van der Waals surface area contributed by atoms with Crippen LogP contribution in [-0.4, -0.2) is 13.9 Å². The zero-order valence-corrected chi connectivity index (χ0v) is 15.1. The van der Waals surface area contributed by atoms with Gasteiger partial charge in [-0.3, -0.25) is 0 Å². The largest absolute Gasteiger partial charge is 0.400 e. The van der Waals surface area contributed by atoms with Crippen molar-refractivity contribution < 1.29 is 4.43 Å². The van der Waals surface area contributed by atoms with E-state index in [9.17, 15) is 0 Å². The first kappa shape index (κ1) is 15.5. The molecule has 0 saturated heterocycles. The topological polar surface area (TPSA) is 9.23 Å². The molecule has 0 fully saturated rings. The number of benzene rings is 1. The van der Waals surface area contributed by atoms with E-state index in [0.29, 0.717) is 5.92 Å². The summed E-state index contributed by atoms with van der Waals surface area (Å²) in [6.07, 6.45) is 6.92. The Hall–Kier alpha value is -1.38. The average Bonchev–Trinajstić information content (AvgIpc) is 2.75. The first-order valence-electron chi connectivity index (χ1n) is 8.16. The normalized spacial score (nSPS) is 30.1. The maximum absolute atomic E-state index is 6.77. The maximum atomic E-state index is 6.77. The Morgan fingerprint density at radius 2 is 1.95 bits per heavy atom. The summed E-state index contributed by atoms with van der Waals surface area (Å²) in [4.78, 5) is 0. The van der Waals surface area contributed by atoms with Gasteiger partial charge in [0.05, 0.1) is 5.60 Å².